The van der Waals surface area contributed by atoms with Gasteiger partial charge in [0.15, 0.2) is 0 Å². The number of methoxy groups -OCH3 is 1. The number of halogens is 4. The molecule has 1 aromatic rings. The van der Waals surface area contributed by atoms with Crippen LogP contribution in [0.25, 0.3) is 0 Å². The Hall–Kier alpha value is -0.880. The van der Waals surface area contributed by atoms with Crippen molar-refractivity contribution < 1.29 is 23.0 Å². The second-order valence-corrected chi connectivity index (χ2v) is 4.20. The number of hydrogen-bond acceptors (Lipinski definition) is 3. The molecule has 0 N–H and O–H groups in total. The number of rotatable bonds is 4. The van der Waals surface area contributed by atoms with Crippen LogP contribution >= 0.6 is 27.5 Å². The van der Waals surface area contributed by atoms with Gasteiger partial charge in [0, 0.05) is 10.0 Å². The maximum absolute atomic E-state index is 12.2. The summed E-state index contributed by atoms with van der Waals surface area (Å²) in [7, 11) is 1.20. The average Bonchev–Trinajstić information content (AvgIpc) is 2.27. The van der Waals surface area contributed by atoms with Gasteiger partial charge >= 0.3 is 12.6 Å². The predicted molar refractivity (Wildman–Crippen MR) is 61.5 cm³/mol. The fourth-order valence-electron chi connectivity index (χ4n) is 1.16. The van der Waals surface area contributed by atoms with Crippen LogP contribution in [-0.4, -0.2) is 19.7 Å². The summed E-state index contributed by atoms with van der Waals surface area (Å²) in [6, 6.07) is 2.77. The van der Waals surface area contributed by atoms with Crippen LogP contribution in [0.5, 0.6) is 5.75 Å². The average molecular weight is 330 g/mol. The molecule has 0 aliphatic carbocycles. The molecule has 0 unspecified atom stereocenters. The Balaban J connectivity index is 3.11. The van der Waals surface area contributed by atoms with Gasteiger partial charge in [0.05, 0.1) is 18.6 Å². The number of carbonyl (C=O) groups is 1. The third-order valence-electron chi connectivity index (χ3n) is 1.92. The minimum atomic E-state index is -2.98. The summed E-state index contributed by atoms with van der Waals surface area (Å²) in [5, 5.41) is 0.147. The molecule has 0 amide bonds. The highest BCUT2D eigenvalue weighted by Gasteiger charge is 2.18. The Morgan fingerprint density at radius 2 is 2.18 bits per heavy atom. The third kappa shape index (κ3) is 3.81. The van der Waals surface area contributed by atoms with Crippen LogP contribution in [0.15, 0.2) is 16.6 Å². The van der Waals surface area contributed by atoms with Gasteiger partial charge in [-0.05, 0) is 28.1 Å². The first-order valence-corrected chi connectivity index (χ1v) is 5.61. The molecule has 0 fully saturated rings. The first-order valence-electron chi connectivity index (χ1n) is 4.44. The lowest BCUT2D eigenvalue weighted by molar-refractivity contribution is -0.139. The largest absolute Gasteiger partial charge is 0.469 e. The van der Waals surface area contributed by atoms with Crippen molar-refractivity contribution in [2.45, 2.75) is 13.0 Å². The van der Waals surface area contributed by atoms with Crippen LogP contribution in [0.1, 0.15) is 5.56 Å². The molecule has 94 valence electrons. The maximum atomic E-state index is 12.2. The fraction of sp³-hybridized carbons (Fsp3) is 0.300. The molecule has 0 aromatic heterocycles. The maximum Gasteiger partial charge on any atom is 0.387 e. The molecule has 0 spiro atoms. The van der Waals surface area contributed by atoms with Crippen LogP contribution in [-0.2, 0) is 16.0 Å². The zero-order chi connectivity index (χ0) is 13.0. The standard InChI is InChI=1S/C10H8BrClF2O3/c1-16-8(15)4-5-7(17-10(13)14)3-2-6(11)9(5)12/h2-3,10H,4H2,1H3. The van der Waals surface area contributed by atoms with E-state index >= 15 is 0 Å². The van der Waals surface area contributed by atoms with Gasteiger partial charge in [-0.3, -0.25) is 4.79 Å². The molecule has 0 saturated heterocycles. The summed E-state index contributed by atoms with van der Waals surface area (Å²) in [5.41, 5.74) is 0.160. The molecule has 0 saturated carbocycles. The van der Waals surface area contributed by atoms with Crippen LogP contribution in [0.2, 0.25) is 5.02 Å². The van der Waals surface area contributed by atoms with E-state index in [1.165, 1.54) is 19.2 Å². The Labute approximate surface area is 110 Å². The summed E-state index contributed by atoms with van der Waals surface area (Å²) >= 11 is 9.03. The summed E-state index contributed by atoms with van der Waals surface area (Å²) in [4.78, 5) is 11.1. The third-order valence-corrected chi connectivity index (χ3v) is 3.24. The van der Waals surface area contributed by atoms with Gasteiger partial charge in [-0.2, -0.15) is 8.78 Å². The molecule has 0 aliphatic rings. The molecule has 0 heterocycles. The van der Waals surface area contributed by atoms with Crippen LogP contribution in [0.4, 0.5) is 8.78 Å². The Bertz CT molecular complexity index is 426. The molecule has 0 atom stereocenters. The normalized spacial score (nSPS) is 10.5. The summed E-state index contributed by atoms with van der Waals surface area (Å²) in [6.07, 6.45) is -0.239. The quantitative estimate of drug-likeness (QED) is 0.794. The van der Waals surface area contributed by atoms with Crippen LogP contribution < -0.4 is 4.74 Å². The lowest BCUT2D eigenvalue weighted by atomic mass is 10.1. The second-order valence-electron chi connectivity index (χ2n) is 2.97. The van der Waals surface area contributed by atoms with Crippen LogP contribution in [0, 0.1) is 0 Å². The van der Waals surface area contributed by atoms with Gasteiger partial charge < -0.3 is 9.47 Å². The first-order chi connectivity index (χ1) is 7.95. The summed E-state index contributed by atoms with van der Waals surface area (Å²) in [5.74, 6) is -0.734. The van der Waals surface area contributed by atoms with Crippen LogP contribution in [0.3, 0.4) is 0 Å². The van der Waals surface area contributed by atoms with Gasteiger partial charge in [0.1, 0.15) is 5.75 Å². The minimum absolute atomic E-state index is 0.140. The van der Waals surface area contributed by atoms with E-state index in [0.29, 0.717) is 4.47 Å². The molecular formula is C10H8BrClF2O3. The fourth-order valence-corrected chi connectivity index (χ4v) is 1.76. The molecular weight excluding hydrogens is 321 g/mol. The highest BCUT2D eigenvalue weighted by atomic mass is 79.9. The van der Waals surface area contributed by atoms with E-state index in [4.69, 9.17) is 11.6 Å². The second kappa shape index (κ2) is 6.16. The van der Waals surface area contributed by atoms with E-state index in [0.717, 1.165) is 0 Å². The van der Waals surface area contributed by atoms with Crippen molar-refractivity contribution in [3.05, 3.63) is 27.2 Å². The smallest absolute Gasteiger partial charge is 0.387 e. The van der Waals surface area contributed by atoms with Gasteiger partial charge in [-0.1, -0.05) is 11.6 Å². The lowest BCUT2D eigenvalue weighted by Gasteiger charge is -2.12. The molecule has 17 heavy (non-hydrogen) atoms. The van der Waals surface area contributed by atoms with Gasteiger partial charge in [-0.25, -0.2) is 0 Å². The summed E-state index contributed by atoms with van der Waals surface area (Å²) < 4.78 is 33.5. The lowest BCUT2D eigenvalue weighted by Crippen LogP contribution is -2.10. The predicted octanol–water partition coefficient (Wildman–Crippen LogP) is 3.42. The van der Waals surface area contributed by atoms with Crippen molar-refractivity contribution in [3.8, 4) is 5.75 Å². The topological polar surface area (TPSA) is 35.5 Å². The zero-order valence-corrected chi connectivity index (χ0v) is 11.0. The van der Waals surface area contributed by atoms with Gasteiger partial charge in [-0.15, -0.1) is 0 Å². The van der Waals surface area contributed by atoms with Crippen molar-refractivity contribution in [1.82, 2.24) is 0 Å². The SMILES string of the molecule is COC(=O)Cc1c(OC(F)F)ccc(Br)c1Cl. The Morgan fingerprint density at radius 1 is 1.53 bits per heavy atom. The monoisotopic (exact) mass is 328 g/mol. The zero-order valence-electron chi connectivity index (χ0n) is 8.68. The number of carbonyl (C=O) groups excluding carboxylic acids is 1. The molecule has 0 aliphatic heterocycles. The molecule has 7 heteroatoms. The van der Waals surface area contributed by atoms with E-state index in [1.54, 1.807) is 0 Å². The molecule has 0 radical (unpaired) electrons. The molecule has 1 rings (SSSR count). The highest BCUT2D eigenvalue weighted by Crippen LogP contribution is 2.34. The first kappa shape index (κ1) is 14.2. The van der Waals surface area contributed by atoms with E-state index < -0.39 is 12.6 Å². The van der Waals surface area contributed by atoms with E-state index in [-0.39, 0.29) is 22.8 Å². The molecule has 1 aromatic carbocycles. The minimum Gasteiger partial charge on any atom is -0.469 e. The number of ether oxygens (including phenoxy) is 2. The number of alkyl halides is 2. The van der Waals surface area contributed by atoms with Crippen molar-refractivity contribution >= 4 is 33.5 Å². The van der Waals surface area contributed by atoms with E-state index in [2.05, 4.69) is 25.4 Å². The van der Waals surface area contributed by atoms with Crippen molar-refractivity contribution in [2.75, 3.05) is 7.11 Å². The number of hydrogen-bond donors (Lipinski definition) is 0. The van der Waals surface area contributed by atoms with E-state index in [9.17, 15) is 13.6 Å². The number of esters is 1. The summed E-state index contributed by atoms with van der Waals surface area (Å²) in [6.45, 7) is -2.98. The van der Waals surface area contributed by atoms with Gasteiger partial charge in [0.2, 0.25) is 0 Å². The highest BCUT2D eigenvalue weighted by molar-refractivity contribution is 9.10. The molecule has 0 bridgehead atoms. The number of benzene rings is 1. The Kier molecular flexibility index (Phi) is 5.14. The van der Waals surface area contributed by atoms with Crippen molar-refractivity contribution in [3.63, 3.8) is 0 Å². The Morgan fingerprint density at radius 3 is 2.71 bits per heavy atom. The van der Waals surface area contributed by atoms with Crippen molar-refractivity contribution in [2.24, 2.45) is 0 Å². The van der Waals surface area contributed by atoms with Gasteiger partial charge in [0.25, 0.3) is 0 Å². The molecule has 3 nitrogen and oxygen atoms in total. The van der Waals surface area contributed by atoms with Crippen molar-refractivity contribution in [1.29, 1.82) is 0 Å². The van der Waals surface area contributed by atoms with E-state index in [1.807, 2.05) is 0 Å².